The minimum atomic E-state index is 0.772. The summed E-state index contributed by atoms with van der Waals surface area (Å²) in [5, 5.41) is 12.0. The maximum Gasteiger partial charge on any atom is 0.182 e. The second kappa shape index (κ2) is 4.40. The molecule has 0 radical (unpaired) electrons. The van der Waals surface area contributed by atoms with Gasteiger partial charge in [0, 0.05) is 17.8 Å². The lowest BCUT2D eigenvalue weighted by Crippen LogP contribution is -2.04. The number of nitrogens with zero attached hydrogens (tertiary/aromatic N) is 4. The van der Waals surface area contributed by atoms with Gasteiger partial charge in [-0.1, -0.05) is 12.8 Å². The van der Waals surface area contributed by atoms with Crippen LogP contribution in [0.3, 0.4) is 0 Å². The molecule has 0 bridgehead atoms. The fourth-order valence-corrected chi connectivity index (χ4v) is 2.20. The molecule has 1 aliphatic carbocycles. The van der Waals surface area contributed by atoms with Gasteiger partial charge in [0.25, 0.3) is 0 Å². The molecular formula is C13H17N5. The maximum absolute atomic E-state index is 5.77. The molecule has 0 aliphatic heterocycles. The van der Waals surface area contributed by atoms with E-state index in [1.165, 1.54) is 19.3 Å². The minimum Gasteiger partial charge on any atom is -0.399 e. The highest BCUT2D eigenvalue weighted by atomic mass is 15.5. The van der Waals surface area contributed by atoms with E-state index in [1.54, 1.807) is 0 Å². The third-order valence-corrected chi connectivity index (χ3v) is 3.47. The van der Waals surface area contributed by atoms with Crippen LogP contribution in [0, 0.1) is 12.8 Å². The van der Waals surface area contributed by atoms with Crippen molar-refractivity contribution < 1.29 is 0 Å². The van der Waals surface area contributed by atoms with Crippen molar-refractivity contribution in [1.29, 1.82) is 0 Å². The summed E-state index contributed by atoms with van der Waals surface area (Å²) >= 11 is 0. The van der Waals surface area contributed by atoms with Crippen LogP contribution in [0.4, 0.5) is 5.69 Å². The van der Waals surface area contributed by atoms with Crippen LogP contribution in [-0.2, 0) is 6.54 Å². The summed E-state index contributed by atoms with van der Waals surface area (Å²) in [6, 6.07) is 5.83. The summed E-state index contributed by atoms with van der Waals surface area (Å²) in [6.07, 6.45) is 3.89. The first kappa shape index (κ1) is 11.2. The lowest BCUT2D eigenvalue weighted by Gasteiger charge is -2.07. The van der Waals surface area contributed by atoms with Crippen LogP contribution in [-0.4, -0.2) is 20.2 Å². The predicted molar refractivity (Wildman–Crippen MR) is 69.7 cm³/mol. The SMILES string of the molecule is Cc1cc(N)ccc1-c1nnnn1CCC1CC1. The molecular weight excluding hydrogens is 226 g/mol. The van der Waals surface area contributed by atoms with Gasteiger partial charge in [-0.25, -0.2) is 4.68 Å². The van der Waals surface area contributed by atoms with Crippen LogP contribution in [0.2, 0.25) is 0 Å². The van der Waals surface area contributed by atoms with Gasteiger partial charge in [-0.3, -0.25) is 0 Å². The molecule has 0 unspecified atom stereocenters. The van der Waals surface area contributed by atoms with Gasteiger partial charge in [0.05, 0.1) is 0 Å². The molecule has 0 saturated heterocycles. The summed E-state index contributed by atoms with van der Waals surface area (Å²) < 4.78 is 1.90. The quantitative estimate of drug-likeness (QED) is 0.834. The van der Waals surface area contributed by atoms with E-state index < -0.39 is 0 Å². The Bertz CT molecular complexity index is 556. The number of nitrogen functional groups attached to an aromatic ring is 1. The van der Waals surface area contributed by atoms with Gasteiger partial charge in [0.1, 0.15) is 0 Å². The molecule has 0 atom stereocenters. The van der Waals surface area contributed by atoms with E-state index in [0.29, 0.717) is 0 Å². The van der Waals surface area contributed by atoms with Crippen LogP contribution < -0.4 is 5.73 Å². The topological polar surface area (TPSA) is 69.6 Å². The van der Waals surface area contributed by atoms with Crippen LogP contribution in [0.15, 0.2) is 18.2 Å². The number of aromatic nitrogens is 4. The van der Waals surface area contributed by atoms with E-state index in [1.807, 2.05) is 29.8 Å². The van der Waals surface area contributed by atoms with Crippen molar-refractivity contribution in [1.82, 2.24) is 20.2 Å². The van der Waals surface area contributed by atoms with Crippen LogP contribution in [0.5, 0.6) is 0 Å². The Morgan fingerprint density at radius 3 is 2.94 bits per heavy atom. The molecule has 1 saturated carbocycles. The van der Waals surface area contributed by atoms with E-state index in [4.69, 9.17) is 5.73 Å². The normalized spacial score (nSPS) is 14.9. The maximum atomic E-state index is 5.77. The average Bonchev–Trinajstić information content (AvgIpc) is 3.06. The lowest BCUT2D eigenvalue weighted by atomic mass is 10.1. The highest BCUT2D eigenvalue weighted by molar-refractivity contribution is 5.63. The van der Waals surface area contributed by atoms with Crippen LogP contribution in [0.1, 0.15) is 24.8 Å². The van der Waals surface area contributed by atoms with Crippen molar-refractivity contribution in [2.24, 2.45) is 5.92 Å². The fourth-order valence-electron chi connectivity index (χ4n) is 2.20. The Kier molecular flexibility index (Phi) is 2.74. The second-order valence-corrected chi connectivity index (χ2v) is 5.03. The summed E-state index contributed by atoms with van der Waals surface area (Å²) in [5.41, 5.74) is 8.71. The van der Waals surface area contributed by atoms with Crippen molar-refractivity contribution in [2.45, 2.75) is 32.7 Å². The van der Waals surface area contributed by atoms with Crippen LogP contribution >= 0.6 is 0 Å². The van der Waals surface area contributed by atoms with Crippen molar-refractivity contribution in [3.8, 4) is 11.4 Å². The van der Waals surface area contributed by atoms with Gasteiger partial charge >= 0.3 is 0 Å². The van der Waals surface area contributed by atoms with Crippen LogP contribution in [0.25, 0.3) is 11.4 Å². The number of aryl methyl sites for hydroxylation is 2. The molecule has 5 nitrogen and oxygen atoms in total. The Balaban J connectivity index is 1.88. The van der Waals surface area contributed by atoms with E-state index in [-0.39, 0.29) is 0 Å². The molecule has 1 aromatic carbocycles. The summed E-state index contributed by atoms with van der Waals surface area (Å²) in [6.45, 7) is 2.93. The van der Waals surface area contributed by atoms with Gasteiger partial charge < -0.3 is 5.73 Å². The largest absolute Gasteiger partial charge is 0.399 e. The molecule has 1 aromatic heterocycles. The molecule has 2 aromatic rings. The third-order valence-electron chi connectivity index (χ3n) is 3.47. The minimum absolute atomic E-state index is 0.772. The molecule has 3 rings (SSSR count). The van der Waals surface area contributed by atoms with E-state index in [9.17, 15) is 0 Å². The number of hydrogen-bond acceptors (Lipinski definition) is 4. The number of rotatable bonds is 4. The molecule has 94 valence electrons. The predicted octanol–water partition coefficient (Wildman–Crippen LogP) is 2.03. The smallest absolute Gasteiger partial charge is 0.182 e. The Morgan fingerprint density at radius 2 is 2.22 bits per heavy atom. The molecule has 1 fully saturated rings. The zero-order valence-corrected chi connectivity index (χ0v) is 10.5. The summed E-state index contributed by atoms with van der Waals surface area (Å²) in [5.74, 6) is 1.72. The van der Waals surface area contributed by atoms with Crippen molar-refractivity contribution in [3.05, 3.63) is 23.8 Å². The zero-order chi connectivity index (χ0) is 12.5. The Hall–Kier alpha value is -1.91. The summed E-state index contributed by atoms with van der Waals surface area (Å²) in [4.78, 5) is 0. The van der Waals surface area contributed by atoms with Crippen molar-refractivity contribution in [2.75, 3.05) is 5.73 Å². The first-order chi connectivity index (χ1) is 8.74. The molecule has 0 amide bonds. The van der Waals surface area contributed by atoms with E-state index >= 15 is 0 Å². The second-order valence-electron chi connectivity index (χ2n) is 5.03. The molecule has 5 heteroatoms. The lowest BCUT2D eigenvalue weighted by molar-refractivity contribution is 0.535. The number of anilines is 1. The van der Waals surface area contributed by atoms with Crippen molar-refractivity contribution in [3.63, 3.8) is 0 Å². The standard InChI is InChI=1S/C13H17N5/c1-9-8-11(14)4-5-12(9)13-15-16-17-18(13)7-6-10-2-3-10/h4-5,8,10H,2-3,6-7,14H2,1H3. The molecule has 2 N–H and O–H groups in total. The Labute approximate surface area is 106 Å². The first-order valence-corrected chi connectivity index (χ1v) is 6.36. The van der Waals surface area contributed by atoms with Gasteiger partial charge in [-0.15, -0.1) is 5.10 Å². The molecule has 1 aliphatic rings. The highest BCUT2D eigenvalue weighted by Gasteiger charge is 2.22. The molecule has 1 heterocycles. The fraction of sp³-hybridized carbons (Fsp3) is 0.462. The monoisotopic (exact) mass is 243 g/mol. The number of hydrogen-bond donors (Lipinski definition) is 1. The number of tetrazole rings is 1. The highest BCUT2D eigenvalue weighted by Crippen LogP contribution is 2.33. The van der Waals surface area contributed by atoms with Crippen molar-refractivity contribution >= 4 is 5.69 Å². The first-order valence-electron chi connectivity index (χ1n) is 6.36. The summed E-state index contributed by atoms with van der Waals surface area (Å²) in [7, 11) is 0. The van der Waals surface area contributed by atoms with Gasteiger partial charge in [-0.2, -0.15) is 0 Å². The van der Waals surface area contributed by atoms with Gasteiger partial charge in [0.2, 0.25) is 0 Å². The van der Waals surface area contributed by atoms with E-state index in [0.717, 1.165) is 35.1 Å². The zero-order valence-electron chi connectivity index (χ0n) is 10.5. The average molecular weight is 243 g/mol. The molecule has 0 spiro atoms. The number of benzene rings is 1. The Morgan fingerprint density at radius 1 is 1.39 bits per heavy atom. The van der Waals surface area contributed by atoms with Gasteiger partial charge in [0.15, 0.2) is 5.82 Å². The van der Waals surface area contributed by atoms with Gasteiger partial charge in [-0.05, 0) is 53.5 Å². The number of nitrogens with two attached hydrogens (primary N) is 1. The van der Waals surface area contributed by atoms with E-state index in [2.05, 4.69) is 15.5 Å². The third kappa shape index (κ3) is 2.20. The molecule has 18 heavy (non-hydrogen) atoms.